The lowest BCUT2D eigenvalue weighted by atomic mass is 9.68. The first-order valence-electron chi connectivity index (χ1n) is 13.1. The Bertz CT molecular complexity index is 991. The standard InChI is InChI=1S/C29H37ClO5/c30-23-8-7-21(28-27(34)26(33)25(32)24(17-31)35-28)16-22(23)15-18-3-5-19(6-4-18)20-9-13-29(14-10-20)11-1-2-12-29/h3-8,16,20,24-28,31-34H,1-2,9-15,17H2/t24-,25-,26+,27-,28+/m1/s1. The molecule has 1 spiro atoms. The molecule has 35 heavy (non-hydrogen) atoms. The fourth-order valence-corrected chi connectivity index (χ4v) is 6.78. The van der Waals surface area contributed by atoms with E-state index in [1.54, 1.807) is 12.1 Å². The van der Waals surface area contributed by atoms with Crippen molar-refractivity contribution in [2.24, 2.45) is 5.41 Å². The van der Waals surface area contributed by atoms with Crippen molar-refractivity contribution in [3.8, 4) is 0 Å². The monoisotopic (exact) mass is 500 g/mol. The summed E-state index contributed by atoms with van der Waals surface area (Å²) in [5.41, 5.74) is 4.79. The van der Waals surface area contributed by atoms with Crippen molar-refractivity contribution in [3.63, 3.8) is 0 Å². The van der Waals surface area contributed by atoms with Crippen LogP contribution in [0.15, 0.2) is 42.5 Å². The second-order valence-electron chi connectivity index (χ2n) is 11.0. The molecule has 0 amide bonds. The SMILES string of the molecule is OC[C@H]1O[C@@H](c2ccc(Cl)c(Cc3ccc(C4CCC5(CCCC5)CC4)cc3)c2)[C@H](O)[C@@H](O)[C@@H]1O. The zero-order valence-electron chi connectivity index (χ0n) is 20.2. The summed E-state index contributed by atoms with van der Waals surface area (Å²) in [6.45, 7) is -0.448. The van der Waals surface area contributed by atoms with Gasteiger partial charge in [-0.1, -0.05) is 60.8 Å². The highest BCUT2D eigenvalue weighted by Gasteiger charge is 2.44. The van der Waals surface area contributed by atoms with Crippen LogP contribution in [0.2, 0.25) is 5.02 Å². The lowest BCUT2D eigenvalue weighted by Gasteiger charge is -2.40. The van der Waals surface area contributed by atoms with Crippen molar-refractivity contribution in [3.05, 3.63) is 69.7 Å². The highest BCUT2D eigenvalue weighted by molar-refractivity contribution is 6.31. The Morgan fingerprint density at radius 3 is 2.14 bits per heavy atom. The van der Waals surface area contributed by atoms with Gasteiger partial charge in [-0.25, -0.2) is 0 Å². The maximum atomic E-state index is 10.5. The van der Waals surface area contributed by atoms with E-state index in [9.17, 15) is 20.4 Å². The number of aliphatic hydroxyl groups is 4. The topological polar surface area (TPSA) is 90.2 Å². The Labute approximate surface area is 212 Å². The molecule has 1 saturated heterocycles. The smallest absolute Gasteiger partial charge is 0.113 e. The van der Waals surface area contributed by atoms with Gasteiger partial charge in [0.1, 0.15) is 30.5 Å². The van der Waals surface area contributed by atoms with Crippen LogP contribution in [-0.2, 0) is 11.2 Å². The largest absolute Gasteiger partial charge is 0.394 e. The number of aliphatic hydroxyl groups excluding tert-OH is 4. The van der Waals surface area contributed by atoms with E-state index in [0.717, 1.165) is 11.1 Å². The van der Waals surface area contributed by atoms with E-state index in [0.29, 0.717) is 28.3 Å². The minimum Gasteiger partial charge on any atom is -0.394 e. The predicted octanol–water partition coefficient (Wildman–Crippen LogP) is 4.66. The molecule has 1 heterocycles. The zero-order valence-corrected chi connectivity index (χ0v) is 20.9. The number of rotatable bonds is 5. The van der Waals surface area contributed by atoms with Gasteiger partial charge < -0.3 is 25.2 Å². The first-order chi connectivity index (χ1) is 16.9. The summed E-state index contributed by atoms with van der Waals surface area (Å²) in [7, 11) is 0. The lowest BCUT2D eigenvalue weighted by Crippen LogP contribution is -2.55. The summed E-state index contributed by atoms with van der Waals surface area (Å²) in [5.74, 6) is 0.661. The maximum Gasteiger partial charge on any atom is 0.113 e. The average Bonchev–Trinajstić information content (AvgIpc) is 3.33. The average molecular weight is 501 g/mol. The van der Waals surface area contributed by atoms with Crippen molar-refractivity contribution in [2.75, 3.05) is 6.61 Å². The van der Waals surface area contributed by atoms with Gasteiger partial charge in [-0.05, 0) is 84.6 Å². The predicted molar refractivity (Wildman–Crippen MR) is 136 cm³/mol. The number of benzene rings is 2. The van der Waals surface area contributed by atoms with Crippen LogP contribution in [0.1, 0.15) is 85.6 Å². The minimum atomic E-state index is -1.40. The Balaban J connectivity index is 1.27. The molecule has 2 aromatic carbocycles. The summed E-state index contributed by atoms with van der Waals surface area (Å²) < 4.78 is 5.73. The molecule has 3 fully saturated rings. The summed E-state index contributed by atoms with van der Waals surface area (Å²) in [6.07, 6.45) is 5.80. The molecular formula is C29H37ClO5. The van der Waals surface area contributed by atoms with Crippen LogP contribution in [0.25, 0.3) is 0 Å². The number of ether oxygens (including phenoxy) is 1. The molecule has 0 unspecified atom stereocenters. The number of hydrogen-bond acceptors (Lipinski definition) is 5. The van der Waals surface area contributed by atoms with E-state index in [2.05, 4.69) is 24.3 Å². The molecule has 4 N–H and O–H groups in total. The van der Waals surface area contributed by atoms with E-state index >= 15 is 0 Å². The quantitative estimate of drug-likeness (QED) is 0.479. The summed E-state index contributed by atoms with van der Waals surface area (Å²) in [5, 5.41) is 40.8. The highest BCUT2D eigenvalue weighted by Crippen LogP contribution is 2.52. The van der Waals surface area contributed by atoms with Crippen LogP contribution in [-0.4, -0.2) is 51.4 Å². The minimum absolute atomic E-state index is 0.448. The van der Waals surface area contributed by atoms with Gasteiger partial charge in [0.2, 0.25) is 0 Å². The van der Waals surface area contributed by atoms with Crippen LogP contribution in [0.3, 0.4) is 0 Å². The van der Waals surface area contributed by atoms with E-state index in [1.165, 1.54) is 56.9 Å². The number of halogens is 1. The Morgan fingerprint density at radius 1 is 0.829 bits per heavy atom. The van der Waals surface area contributed by atoms with Gasteiger partial charge in [-0.2, -0.15) is 0 Å². The molecule has 2 saturated carbocycles. The Hall–Kier alpha value is -1.47. The van der Waals surface area contributed by atoms with Crippen molar-refractivity contribution >= 4 is 11.6 Å². The molecule has 5 atom stereocenters. The van der Waals surface area contributed by atoms with E-state index in [1.807, 2.05) is 6.07 Å². The summed E-state index contributed by atoms with van der Waals surface area (Å²) in [4.78, 5) is 0. The van der Waals surface area contributed by atoms with Gasteiger partial charge in [0, 0.05) is 5.02 Å². The molecule has 2 aromatic rings. The molecule has 0 bridgehead atoms. The summed E-state index contributed by atoms with van der Waals surface area (Å²) >= 11 is 6.51. The Morgan fingerprint density at radius 2 is 1.49 bits per heavy atom. The maximum absolute atomic E-state index is 10.5. The second-order valence-corrected chi connectivity index (χ2v) is 11.4. The van der Waals surface area contributed by atoms with Gasteiger partial charge in [-0.15, -0.1) is 0 Å². The van der Waals surface area contributed by atoms with Gasteiger partial charge in [-0.3, -0.25) is 0 Å². The van der Waals surface area contributed by atoms with Crippen molar-refractivity contribution in [1.29, 1.82) is 0 Å². The number of hydrogen-bond donors (Lipinski definition) is 4. The third kappa shape index (κ3) is 5.18. The van der Waals surface area contributed by atoms with E-state index < -0.39 is 37.1 Å². The van der Waals surface area contributed by atoms with Crippen LogP contribution in [0.5, 0.6) is 0 Å². The molecular weight excluding hydrogens is 464 g/mol. The molecule has 3 aliphatic rings. The molecule has 1 aliphatic heterocycles. The van der Waals surface area contributed by atoms with Gasteiger partial charge >= 0.3 is 0 Å². The van der Waals surface area contributed by atoms with Crippen molar-refractivity contribution < 1.29 is 25.2 Å². The molecule has 6 heteroatoms. The van der Waals surface area contributed by atoms with E-state index in [4.69, 9.17) is 16.3 Å². The fourth-order valence-electron chi connectivity index (χ4n) is 6.60. The highest BCUT2D eigenvalue weighted by atomic mass is 35.5. The lowest BCUT2D eigenvalue weighted by molar-refractivity contribution is -0.231. The van der Waals surface area contributed by atoms with Crippen molar-refractivity contribution in [1.82, 2.24) is 0 Å². The van der Waals surface area contributed by atoms with Crippen LogP contribution < -0.4 is 0 Å². The first-order valence-corrected chi connectivity index (χ1v) is 13.4. The van der Waals surface area contributed by atoms with E-state index in [-0.39, 0.29) is 0 Å². The molecule has 5 rings (SSSR count). The van der Waals surface area contributed by atoms with Gasteiger partial charge in [0.15, 0.2) is 0 Å². The van der Waals surface area contributed by atoms with Crippen molar-refractivity contribution in [2.45, 2.75) is 94.2 Å². The van der Waals surface area contributed by atoms with Gasteiger partial charge in [0.25, 0.3) is 0 Å². The van der Waals surface area contributed by atoms with Crippen LogP contribution in [0.4, 0.5) is 0 Å². The Kier molecular flexibility index (Phi) is 7.55. The summed E-state index contributed by atoms with van der Waals surface area (Å²) in [6, 6.07) is 14.3. The molecule has 5 nitrogen and oxygen atoms in total. The molecule has 190 valence electrons. The first kappa shape index (κ1) is 25.2. The fraction of sp³-hybridized carbons (Fsp3) is 0.586. The molecule has 2 aliphatic carbocycles. The molecule has 0 aromatic heterocycles. The van der Waals surface area contributed by atoms with Crippen LogP contribution >= 0.6 is 11.6 Å². The second kappa shape index (κ2) is 10.5. The molecule has 0 radical (unpaired) electrons. The zero-order chi connectivity index (χ0) is 24.6. The van der Waals surface area contributed by atoms with Crippen LogP contribution in [0, 0.1) is 5.41 Å². The normalized spacial score (nSPS) is 31.2. The third-order valence-corrected chi connectivity index (χ3v) is 9.22. The van der Waals surface area contributed by atoms with Gasteiger partial charge in [0.05, 0.1) is 6.61 Å². The third-order valence-electron chi connectivity index (χ3n) is 8.85.